The highest BCUT2D eigenvalue weighted by atomic mass is 32.1. The highest BCUT2D eigenvalue weighted by Gasteiger charge is 2.17. The first-order valence-corrected chi connectivity index (χ1v) is 7.11. The molecule has 0 spiro atoms. The van der Waals surface area contributed by atoms with Crippen LogP contribution < -0.4 is 0 Å². The van der Waals surface area contributed by atoms with Crippen molar-refractivity contribution in [1.82, 2.24) is 0 Å². The van der Waals surface area contributed by atoms with Gasteiger partial charge in [-0.25, -0.2) is 4.42 Å². The molecule has 17 heavy (non-hydrogen) atoms. The van der Waals surface area contributed by atoms with Crippen molar-refractivity contribution in [1.29, 1.82) is 0 Å². The number of aryl methyl sites for hydroxylation is 1. The molecule has 3 heterocycles. The first kappa shape index (κ1) is 10.7. The molecule has 3 heteroatoms. The summed E-state index contributed by atoms with van der Waals surface area (Å²) in [5, 5.41) is 4.16. The van der Waals surface area contributed by atoms with Crippen molar-refractivity contribution in [2.75, 3.05) is 0 Å². The SMILES string of the molecule is Cc1cc(-c2cccs2)cc(-c2cccs2)[o+]1. The zero-order valence-electron chi connectivity index (χ0n) is 9.34. The Bertz CT molecular complexity index is 557. The molecular weight excluding hydrogens is 248 g/mol. The van der Waals surface area contributed by atoms with Crippen molar-refractivity contribution >= 4 is 22.7 Å². The van der Waals surface area contributed by atoms with E-state index in [1.54, 1.807) is 22.7 Å². The Labute approximate surface area is 108 Å². The van der Waals surface area contributed by atoms with E-state index in [0.717, 1.165) is 11.5 Å². The highest BCUT2D eigenvalue weighted by molar-refractivity contribution is 7.14. The molecule has 0 N–H and O–H groups in total. The third-order valence-electron chi connectivity index (χ3n) is 2.49. The molecule has 0 atom stereocenters. The van der Waals surface area contributed by atoms with Crippen LogP contribution in [0.4, 0.5) is 0 Å². The summed E-state index contributed by atoms with van der Waals surface area (Å²) >= 11 is 3.45. The quantitative estimate of drug-likeness (QED) is 0.566. The second-order valence-corrected chi connectivity index (χ2v) is 5.67. The molecule has 1 nitrogen and oxygen atoms in total. The van der Waals surface area contributed by atoms with Gasteiger partial charge in [0.2, 0.25) is 0 Å². The predicted octanol–water partition coefficient (Wildman–Crippen LogP) is 5.33. The molecule has 0 unspecified atom stereocenters. The molecular formula is C14H11OS2+. The molecule has 84 valence electrons. The average molecular weight is 259 g/mol. The maximum Gasteiger partial charge on any atom is 0.370 e. The zero-order valence-corrected chi connectivity index (χ0v) is 11.0. The van der Waals surface area contributed by atoms with Gasteiger partial charge in [0.1, 0.15) is 4.88 Å². The van der Waals surface area contributed by atoms with Crippen LogP contribution in [0, 0.1) is 6.92 Å². The van der Waals surface area contributed by atoms with Crippen LogP contribution in [0.3, 0.4) is 0 Å². The van der Waals surface area contributed by atoms with E-state index < -0.39 is 0 Å². The highest BCUT2D eigenvalue weighted by Crippen LogP contribution is 2.32. The minimum Gasteiger partial charge on any atom is -0.212 e. The number of hydrogen-bond donors (Lipinski definition) is 0. The van der Waals surface area contributed by atoms with Crippen molar-refractivity contribution in [3.63, 3.8) is 0 Å². The number of hydrogen-bond acceptors (Lipinski definition) is 2. The molecule has 0 amide bonds. The van der Waals surface area contributed by atoms with E-state index >= 15 is 0 Å². The van der Waals surface area contributed by atoms with Crippen LogP contribution in [0.2, 0.25) is 0 Å². The van der Waals surface area contributed by atoms with E-state index in [1.165, 1.54) is 15.3 Å². The average Bonchev–Trinajstić information content (AvgIpc) is 3.02. The molecule has 3 aromatic rings. The number of rotatable bonds is 2. The van der Waals surface area contributed by atoms with E-state index in [9.17, 15) is 0 Å². The van der Waals surface area contributed by atoms with Crippen LogP contribution in [0.5, 0.6) is 0 Å². The van der Waals surface area contributed by atoms with Gasteiger partial charge in [-0.1, -0.05) is 12.1 Å². The lowest BCUT2D eigenvalue weighted by Gasteiger charge is -1.94. The van der Waals surface area contributed by atoms with Gasteiger partial charge in [-0.15, -0.1) is 22.7 Å². The van der Waals surface area contributed by atoms with E-state index in [0.29, 0.717) is 0 Å². The van der Waals surface area contributed by atoms with Gasteiger partial charge in [0.25, 0.3) is 0 Å². The maximum atomic E-state index is 5.78. The van der Waals surface area contributed by atoms with Crippen LogP contribution >= 0.6 is 22.7 Å². The summed E-state index contributed by atoms with van der Waals surface area (Å²) in [6.07, 6.45) is 0. The van der Waals surface area contributed by atoms with Crippen molar-refractivity contribution in [3.05, 3.63) is 52.9 Å². The van der Waals surface area contributed by atoms with Gasteiger partial charge in [0.05, 0.1) is 13.0 Å². The van der Waals surface area contributed by atoms with Gasteiger partial charge in [-0.3, -0.25) is 0 Å². The molecule has 0 saturated carbocycles. The fourth-order valence-corrected chi connectivity index (χ4v) is 3.15. The second kappa shape index (κ2) is 4.43. The molecule has 0 bridgehead atoms. The van der Waals surface area contributed by atoms with Crippen LogP contribution in [0.15, 0.2) is 51.6 Å². The summed E-state index contributed by atoms with van der Waals surface area (Å²) in [6, 6.07) is 12.5. The Morgan fingerprint density at radius 2 is 1.65 bits per heavy atom. The van der Waals surface area contributed by atoms with Crippen LogP contribution in [-0.2, 0) is 0 Å². The van der Waals surface area contributed by atoms with Crippen molar-refractivity contribution < 1.29 is 4.42 Å². The van der Waals surface area contributed by atoms with E-state index in [4.69, 9.17) is 4.42 Å². The Morgan fingerprint density at radius 3 is 2.29 bits per heavy atom. The molecule has 3 aromatic heterocycles. The summed E-state index contributed by atoms with van der Waals surface area (Å²) < 4.78 is 5.78. The summed E-state index contributed by atoms with van der Waals surface area (Å²) in [5.74, 6) is 1.89. The normalized spacial score (nSPS) is 10.6. The van der Waals surface area contributed by atoms with Crippen molar-refractivity contribution in [3.8, 4) is 21.1 Å². The lowest BCUT2D eigenvalue weighted by molar-refractivity contribution is 0.533. The lowest BCUT2D eigenvalue weighted by atomic mass is 10.2. The predicted molar refractivity (Wildman–Crippen MR) is 74.5 cm³/mol. The minimum atomic E-state index is 0.944. The molecule has 0 aliphatic carbocycles. The summed E-state index contributed by atoms with van der Waals surface area (Å²) in [6.45, 7) is 1.99. The molecule has 0 fully saturated rings. The molecule has 0 saturated heterocycles. The molecule has 0 aromatic carbocycles. The smallest absolute Gasteiger partial charge is 0.212 e. The second-order valence-electron chi connectivity index (χ2n) is 3.78. The summed E-state index contributed by atoms with van der Waals surface area (Å²) in [5.41, 5.74) is 1.23. The Balaban J connectivity index is 2.13. The summed E-state index contributed by atoms with van der Waals surface area (Å²) in [7, 11) is 0. The van der Waals surface area contributed by atoms with Crippen LogP contribution in [0.25, 0.3) is 21.1 Å². The van der Waals surface area contributed by atoms with Gasteiger partial charge in [0.15, 0.2) is 0 Å². The van der Waals surface area contributed by atoms with Crippen molar-refractivity contribution in [2.45, 2.75) is 6.92 Å². The molecule has 3 rings (SSSR count). The van der Waals surface area contributed by atoms with Crippen LogP contribution in [-0.4, -0.2) is 0 Å². The summed E-state index contributed by atoms with van der Waals surface area (Å²) in [4.78, 5) is 2.45. The van der Waals surface area contributed by atoms with Gasteiger partial charge >= 0.3 is 11.5 Å². The standard InChI is InChI=1S/C14H11OS2/c1-10-8-11(13-4-2-6-16-13)9-12(15-10)14-5-3-7-17-14/h2-9H,1H3/q+1. The monoisotopic (exact) mass is 259 g/mol. The van der Waals surface area contributed by atoms with Gasteiger partial charge in [0, 0.05) is 16.5 Å². The fourth-order valence-electron chi connectivity index (χ4n) is 1.76. The molecule has 0 aliphatic rings. The zero-order chi connectivity index (χ0) is 11.7. The number of thiophene rings is 2. The first-order chi connectivity index (χ1) is 8.33. The van der Waals surface area contributed by atoms with E-state index in [-0.39, 0.29) is 0 Å². The largest absolute Gasteiger partial charge is 0.370 e. The molecule has 0 aliphatic heterocycles. The van der Waals surface area contributed by atoms with Gasteiger partial charge in [-0.05, 0) is 22.9 Å². The third-order valence-corrected chi connectivity index (χ3v) is 4.29. The topological polar surface area (TPSA) is 11.3 Å². The third kappa shape index (κ3) is 2.16. The maximum absolute atomic E-state index is 5.78. The first-order valence-electron chi connectivity index (χ1n) is 5.35. The Hall–Kier alpha value is -1.45. The lowest BCUT2D eigenvalue weighted by Crippen LogP contribution is -1.80. The fraction of sp³-hybridized carbons (Fsp3) is 0.0714. The van der Waals surface area contributed by atoms with E-state index in [1.807, 2.05) is 13.0 Å². The Kier molecular flexibility index (Phi) is 2.79. The van der Waals surface area contributed by atoms with Gasteiger partial charge < -0.3 is 0 Å². The van der Waals surface area contributed by atoms with Gasteiger partial charge in [-0.2, -0.15) is 0 Å². The van der Waals surface area contributed by atoms with E-state index in [2.05, 4.69) is 41.1 Å². The minimum absolute atomic E-state index is 0.944. The van der Waals surface area contributed by atoms with Crippen LogP contribution in [0.1, 0.15) is 5.76 Å². The molecule has 0 radical (unpaired) electrons. The Morgan fingerprint density at radius 1 is 0.941 bits per heavy atom. The van der Waals surface area contributed by atoms with Crippen molar-refractivity contribution in [2.24, 2.45) is 0 Å².